The van der Waals surface area contributed by atoms with E-state index in [0.717, 1.165) is 34.9 Å². The summed E-state index contributed by atoms with van der Waals surface area (Å²) in [5.74, 6) is 2.58. The minimum atomic E-state index is -0.397. The van der Waals surface area contributed by atoms with Gasteiger partial charge in [-0.05, 0) is 43.0 Å². The standard InChI is InChI=1S/C13H15BrO/c1-3-4-5-6-13(15)12-8-7-11(14)9-10(12)2/h1,7-9,13,15H,4-6H2,2H3. The van der Waals surface area contributed by atoms with Gasteiger partial charge in [0.25, 0.3) is 0 Å². The van der Waals surface area contributed by atoms with Crippen molar-refractivity contribution < 1.29 is 5.11 Å². The molecular formula is C13H15BrO. The van der Waals surface area contributed by atoms with E-state index in [1.807, 2.05) is 25.1 Å². The SMILES string of the molecule is C#CCCCC(O)c1ccc(Br)cc1C. The van der Waals surface area contributed by atoms with Gasteiger partial charge >= 0.3 is 0 Å². The Morgan fingerprint density at radius 2 is 2.27 bits per heavy atom. The van der Waals surface area contributed by atoms with Gasteiger partial charge in [0, 0.05) is 10.9 Å². The van der Waals surface area contributed by atoms with Crippen molar-refractivity contribution in [3.05, 3.63) is 33.8 Å². The topological polar surface area (TPSA) is 20.2 Å². The number of terminal acetylenes is 1. The van der Waals surface area contributed by atoms with Crippen molar-refractivity contribution in [1.29, 1.82) is 0 Å². The molecule has 1 nitrogen and oxygen atoms in total. The van der Waals surface area contributed by atoms with E-state index >= 15 is 0 Å². The first kappa shape index (κ1) is 12.3. The summed E-state index contributed by atoms with van der Waals surface area (Å²) < 4.78 is 1.04. The molecular weight excluding hydrogens is 252 g/mol. The summed E-state index contributed by atoms with van der Waals surface area (Å²) in [5, 5.41) is 9.93. The molecule has 0 bridgehead atoms. The monoisotopic (exact) mass is 266 g/mol. The molecule has 15 heavy (non-hydrogen) atoms. The van der Waals surface area contributed by atoms with Gasteiger partial charge in [-0.15, -0.1) is 12.3 Å². The highest BCUT2D eigenvalue weighted by molar-refractivity contribution is 9.10. The second-order valence-corrected chi connectivity index (χ2v) is 4.53. The van der Waals surface area contributed by atoms with Crippen molar-refractivity contribution in [1.82, 2.24) is 0 Å². The first-order valence-electron chi connectivity index (χ1n) is 5.02. The lowest BCUT2D eigenvalue weighted by molar-refractivity contribution is 0.164. The third-order valence-electron chi connectivity index (χ3n) is 2.39. The normalized spacial score (nSPS) is 12.1. The third kappa shape index (κ3) is 3.70. The van der Waals surface area contributed by atoms with E-state index < -0.39 is 6.10 Å². The van der Waals surface area contributed by atoms with Crippen molar-refractivity contribution >= 4 is 15.9 Å². The molecule has 0 radical (unpaired) electrons. The summed E-state index contributed by atoms with van der Waals surface area (Å²) in [6.45, 7) is 2.00. The van der Waals surface area contributed by atoms with Crippen molar-refractivity contribution in [3.63, 3.8) is 0 Å². The lowest BCUT2D eigenvalue weighted by Crippen LogP contribution is -1.99. The highest BCUT2D eigenvalue weighted by atomic mass is 79.9. The van der Waals surface area contributed by atoms with Crippen LogP contribution < -0.4 is 0 Å². The zero-order chi connectivity index (χ0) is 11.3. The van der Waals surface area contributed by atoms with Crippen LogP contribution in [0.15, 0.2) is 22.7 Å². The van der Waals surface area contributed by atoms with Crippen molar-refractivity contribution in [2.24, 2.45) is 0 Å². The molecule has 0 fully saturated rings. The maximum atomic E-state index is 9.93. The fourth-order valence-corrected chi connectivity index (χ4v) is 2.04. The maximum Gasteiger partial charge on any atom is 0.0793 e. The number of halogens is 1. The number of hydrogen-bond acceptors (Lipinski definition) is 1. The van der Waals surface area contributed by atoms with Gasteiger partial charge < -0.3 is 5.11 Å². The second kappa shape index (κ2) is 5.95. The van der Waals surface area contributed by atoms with E-state index in [2.05, 4.69) is 21.9 Å². The van der Waals surface area contributed by atoms with Crippen LogP contribution in [-0.2, 0) is 0 Å². The zero-order valence-corrected chi connectivity index (χ0v) is 10.4. The summed E-state index contributed by atoms with van der Waals surface area (Å²) in [4.78, 5) is 0. The molecule has 1 N–H and O–H groups in total. The maximum absolute atomic E-state index is 9.93. The minimum absolute atomic E-state index is 0.397. The molecule has 80 valence electrons. The van der Waals surface area contributed by atoms with Gasteiger partial charge in [-0.25, -0.2) is 0 Å². The van der Waals surface area contributed by atoms with Crippen LogP contribution >= 0.6 is 15.9 Å². The van der Waals surface area contributed by atoms with Gasteiger partial charge in [0.1, 0.15) is 0 Å². The fourth-order valence-electron chi connectivity index (χ4n) is 1.57. The Labute approximate surface area is 99.6 Å². The van der Waals surface area contributed by atoms with Crippen LogP contribution in [-0.4, -0.2) is 5.11 Å². The predicted octanol–water partition coefficient (Wildman–Crippen LogP) is 3.59. The molecule has 1 aromatic rings. The first-order valence-corrected chi connectivity index (χ1v) is 5.82. The number of unbranched alkanes of at least 4 members (excludes halogenated alkanes) is 1. The van der Waals surface area contributed by atoms with E-state index in [9.17, 15) is 5.11 Å². The molecule has 0 aromatic heterocycles. The van der Waals surface area contributed by atoms with Crippen LogP contribution in [0.25, 0.3) is 0 Å². The number of rotatable bonds is 4. The average Bonchev–Trinajstić information content (AvgIpc) is 2.17. The molecule has 0 amide bonds. The molecule has 1 atom stereocenters. The van der Waals surface area contributed by atoms with Crippen LogP contribution in [0.2, 0.25) is 0 Å². The largest absolute Gasteiger partial charge is 0.388 e. The molecule has 0 saturated carbocycles. The molecule has 0 heterocycles. The van der Waals surface area contributed by atoms with E-state index in [1.54, 1.807) is 0 Å². The predicted molar refractivity (Wildman–Crippen MR) is 66.5 cm³/mol. The highest BCUT2D eigenvalue weighted by Crippen LogP contribution is 2.24. The average molecular weight is 267 g/mol. The van der Waals surface area contributed by atoms with Crippen molar-refractivity contribution in [3.8, 4) is 12.3 Å². The molecule has 0 aliphatic rings. The van der Waals surface area contributed by atoms with Gasteiger partial charge in [-0.1, -0.05) is 22.0 Å². The van der Waals surface area contributed by atoms with E-state index in [-0.39, 0.29) is 0 Å². The number of aliphatic hydroxyl groups excluding tert-OH is 1. The number of benzene rings is 1. The fraction of sp³-hybridized carbons (Fsp3) is 0.385. The number of hydrogen-bond donors (Lipinski definition) is 1. The van der Waals surface area contributed by atoms with Gasteiger partial charge in [-0.2, -0.15) is 0 Å². The molecule has 0 aliphatic heterocycles. The third-order valence-corrected chi connectivity index (χ3v) is 2.88. The highest BCUT2D eigenvalue weighted by Gasteiger charge is 2.09. The van der Waals surface area contributed by atoms with Gasteiger partial charge in [0.05, 0.1) is 6.10 Å². The molecule has 1 unspecified atom stereocenters. The molecule has 0 spiro atoms. The Hall–Kier alpha value is -0.780. The first-order chi connectivity index (χ1) is 7.15. The van der Waals surface area contributed by atoms with E-state index in [0.29, 0.717) is 0 Å². The molecule has 1 rings (SSSR count). The van der Waals surface area contributed by atoms with Crippen LogP contribution in [0.1, 0.15) is 36.5 Å². The van der Waals surface area contributed by atoms with Crippen LogP contribution in [0, 0.1) is 19.3 Å². The summed E-state index contributed by atoms with van der Waals surface area (Å²) in [6.07, 6.45) is 7.09. The quantitative estimate of drug-likeness (QED) is 0.652. The minimum Gasteiger partial charge on any atom is -0.388 e. The Kier molecular flexibility index (Phi) is 4.87. The molecule has 0 saturated heterocycles. The van der Waals surface area contributed by atoms with E-state index in [4.69, 9.17) is 6.42 Å². The Morgan fingerprint density at radius 3 is 2.87 bits per heavy atom. The number of aliphatic hydroxyl groups is 1. The lowest BCUT2D eigenvalue weighted by atomic mass is 9.99. The van der Waals surface area contributed by atoms with Crippen LogP contribution in [0.3, 0.4) is 0 Å². The van der Waals surface area contributed by atoms with E-state index in [1.165, 1.54) is 0 Å². The Morgan fingerprint density at radius 1 is 1.53 bits per heavy atom. The summed E-state index contributed by atoms with van der Waals surface area (Å²) >= 11 is 3.40. The summed E-state index contributed by atoms with van der Waals surface area (Å²) in [5.41, 5.74) is 2.10. The number of aryl methyl sites for hydroxylation is 1. The second-order valence-electron chi connectivity index (χ2n) is 3.61. The van der Waals surface area contributed by atoms with Crippen molar-refractivity contribution in [2.45, 2.75) is 32.3 Å². The lowest BCUT2D eigenvalue weighted by Gasteiger charge is -2.13. The molecule has 2 heteroatoms. The smallest absolute Gasteiger partial charge is 0.0793 e. The Balaban J connectivity index is 2.66. The van der Waals surface area contributed by atoms with Crippen molar-refractivity contribution in [2.75, 3.05) is 0 Å². The van der Waals surface area contributed by atoms with Crippen LogP contribution in [0.4, 0.5) is 0 Å². The molecule has 0 aliphatic carbocycles. The van der Waals surface area contributed by atoms with Crippen LogP contribution in [0.5, 0.6) is 0 Å². The molecule has 1 aromatic carbocycles. The van der Waals surface area contributed by atoms with Gasteiger partial charge in [0.15, 0.2) is 0 Å². The van der Waals surface area contributed by atoms with Gasteiger partial charge in [0.2, 0.25) is 0 Å². The Bertz CT molecular complexity index is 365. The summed E-state index contributed by atoms with van der Waals surface area (Å²) in [6, 6.07) is 5.92. The summed E-state index contributed by atoms with van der Waals surface area (Å²) in [7, 11) is 0. The zero-order valence-electron chi connectivity index (χ0n) is 8.83. The van der Waals surface area contributed by atoms with Gasteiger partial charge in [-0.3, -0.25) is 0 Å².